The van der Waals surface area contributed by atoms with Gasteiger partial charge in [0.15, 0.2) is 5.65 Å². The number of rotatable bonds is 6. The molecule has 0 spiro atoms. The van der Waals surface area contributed by atoms with Gasteiger partial charge in [-0.1, -0.05) is 0 Å². The van der Waals surface area contributed by atoms with Crippen molar-refractivity contribution in [3.05, 3.63) is 29.2 Å². The van der Waals surface area contributed by atoms with Gasteiger partial charge in [0, 0.05) is 25.3 Å². The van der Waals surface area contributed by atoms with Gasteiger partial charge in [-0.3, -0.25) is 4.79 Å². The molecule has 2 aromatic rings. The standard InChI is InChI=1S/C17H24N4O4/c1-10-8-14-18-9-12(11(2)21(14)20-10)15(22)19-13(16(23)24)6-7-25-17(3,4)5/h8-9,13H,6-7H2,1-5H3,(H,19,22)(H,23,24). The smallest absolute Gasteiger partial charge is 0.326 e. The fourth-order valence-electron chi connectivity index (χ4n) is 2.36. The molecule has 25 heavy (non-hydrogen) atoms. The summed E-state index contributed by atoms with van der Waals surface area (Å²) in [6.45, 7) is 9.47. The van der Waals surface area contributed by atoms with Crippen LogP contribution < -0.4 is 5.32 Å². The molecule has 2 rings (SSSR count). The van der Waals surface area contributed by atoms with Crippen molar-refractivity contribution < 1.29 is 19.4 Å². The predicted molar refractivity (Wildman–Crippen MR) is 91.7 cm³/mol. The second kappa shape index (κ2) is 7.18. The van der Waals surface area contributed by atoms with Gasteiger partial charge in [0.25, 0.3) is 5.91 Å². The van der Waals surface area contributed by atoms with Crippen molar-refractivity contribution in [3.63, 3.8) is 0 Å². The molecule has 1 unspecified atom stereocenters. The molecule has 0 saturated carbocycles. The molecule has 0 aliphatic heterocycles. The molecule has 1 atom stereocenters. The maximum atomic E-state index is 12.5. The lowest BCUT2D eigenvalue weighted by atomic mass is 10.1. The van der Waals surface area contributed by atoms with Crippen molar-refractivity contribution in [1.82, 2.24) is 19.9 Å². The lowest BCUT2D eigenvalue weighted by Crippen LogP contribution is -2.42. The summed E-state index contributed by atoms with van der Waals surface area (Å²) in [6.07, 6.45) is 1.61. The summed E-state index contributed by atoms with van der Waals surface area (Å²) in [4.78, 5) is 28.1. The summed E-state index contributed by atoms with van der Waals surface area (Å²) in [5.74, 6) is -1.60. The average molecular weight is 348 g/mol. The van der Waals surface area contributed by atoms with Crippen LogP contribution in [0.3, 0.4) is 0 Å². The van der Waals surface area contributed by atoms with Gasteiger partial charge in [0.05, 0.1) is 22.6 Å². The van der Waals surface area contributed by atoms with Crippen LogP contribution in [0.15, 0.2) is 12.3 Å². The molecule has 0 radical (unpaired) electrons. The quantitative estimate of drug-likeness (QED) is 0.823. The monoisotopic (exact) mass is 348 g/mol. The highest BCUT2D eigenvalue weighted by Crippen LogP contribution is 2.12. The van der Waals surface area contributed by atoms with Crippen LogP contribution in [0, 0.1) is 13.8 Å². The highest BCUT2D eigenvalue weighted by molar-refractivity contribution is 5.97. The lowest BCUT2D eigenvalue weighted by Gasteiger charge is -2.21. The van der Waals surface area contributed by atoms with E-state index in [4.69, 9.17) is 4.74 Å². The number of aromatic nitrogens is 3. The van der Waals surface area contributed by atoms with Crippen molar-refractivity contribution in [3.8, 4) is 0 Å². The number of ether oxygens (including phenoxy) is 1. The first-order chi connectivity index (χ1) is 11.6. The van der Waals surface area contributed by atoms with Gasteiger partial charge in [-0.15, -0.1) is 0 Å². The second-order valence-corrected chi connectivity index (χ2v) is 6.93. The van der Waals surface area contributed by atoms with E-state index >= 15 is 0 Å². The highest BCUT2D eigenvalue weighted by Gasteiger charge is 2.23. The Morgan fingerprint density at radius 1 is 1.36 bits per heavy atom. The largest absolute Gasteiger partial charge is 0.480 e. The molecular formula is C17H24N4O4. The van der Waals surface area contributed by atoms with Crippen LogP contribution in [0.2, 0.25) is 0 Å². The minimum Gasteiger partial charge on any atom is -0.480 e. The second-order valence-electron chi connectivity index (χ2n) is 6.93. The molecule has 0 saturated heterocycles. The van der Waals surface area contributed by atoms with E-state index in [9.17, 15) is 14.7 Å². The number of aryl methyl sites for hydroxylation is 2. The molecule has 0 aliphatic rings. The molecule has 1 amide bonds. The summed E-state index contributed by atoms with van der Waals surface area (Å²) in [5, 5.41) is 16.2. The predicted octanol–water partition coefficient (Wildman–Crippen LogP) is 1.73. The number of carboxylic acids is 1. The summed E-state index contributed by atoms with van der Waals surface area (Å²) in [6, 6.07) is 0.766. The van der Waals surface area contributed by atoms with Gasteiger partial charge in [0.1, 0.15) is 6.04 Å². The number of nitrogens with zero attached hydrogens (tertiary/aromatic N) is 3. The van der Waals surface area contributed by atoms with Crippen LogP contribution in [0.5, 0.6) is 0 Å². The van der Waals surface area contributed by atoms with Gasteiger partial charge in [-0.25, -0.2) is 14.3 Å². The number of aliphatic carboxylic acids is 1. The first kappa shape index (κ1) is 18.9. The third-order valence-electron chi connectivity index (χ3n) is 3.64. The summed E-state index contributed by atoms with van der Waals surface area (Å²) < 4.78 is 7.11. The molecule has 136 valence electrons. The molecule has 0 bridgehead atoms. The highest BCUT2D eigenvalue weighted by atomic mass is 16.5. The Kier molecular flexibility index (Phi) is 5.42. The minimum atomic E-state index is -1.10. The number of hydrogen-bond acceptors (Lipinski definition) is 5. The third-order valence-corrected chi connectivity index (χ3v) is 3.64. The number of carboxylic acid groups (broad SMARTS) is 1. The number of carbonyl (C=O) groups excluding carboxylic acids is 1. The molecule has 8 nitrogen and oxygen atoms in total. The summed E-state index contributed by atoms with van der Waals surface area (Å²) in [5.41, 5.74) is 1.95. The molecule has 0 aliphatic carbocycles. The van der Waals surface area contributed by atoms with Crippen molar-refractivity contribution in [2.24, 2.45) is 0 Å². The topological polar surface area (TPSA) is 106 Å². The van der Waals surface area contributed by atoms with E-state index in [1.165, 1.54) is 6.20 Å². The first-order valence-corrected chi connectivity index (χ1v) is 8.08. The zero-order chi connectivity index (χ0) is 18.8. The van der Waals surface area contributed by atoms with Crippen LogP contribution >= 0.6 is 0 Å². The van der Waals surface area contributed by atoms with E-state index in [0.29, 0.717) is 16.9 Å². The van der Waals surface area contributed by atoms with E-state index in [2.05, 4.69) is 15.4 Å². The molecule has 8 heteroatoms. The van der Waals surface area contributed by atoms with Crippen molar-refractivity contribution in [2.45, 2.75) is 52.7 Å². The van der Waals surface area contributed by atoms with Gasteiger partial charge in [0.2, 0.25) is 0 Å². The number of hydrogen-bond donors (Lipinski definition) is 2. The maximum Gasteiger partial charge on any atom is 0.326 e. The molecule has 2 aromatic heterocycles. The zero-order valence-corrected chi connectivity index (χ0v) is 15.2. The molecular weight excluding hydrogens is 324 g/mol. The van der Waals surface area contributed by atoms with Gasteiger partial charge < -0.3 is 15.2 Å². The Bertz CT molecular complexity index is 792. The van der Waals surface area contributed by atoms with Crippen LogP contribution in [0.1, 0.15) is 48.9 Å². The van der Waals surface area contributed by atoms with E-state index in [1.54, 1.807) is 17.5 Å². The Labute approximate surface area is 146 Å². The maximum absolute atomic E-state index is 12.5. The van der Waals surface area contributed by atoms with E-state index in [0.717, 1.165) is 5.69 Å². The number of fused-ring (bicyclic) bond motifs is 1. The molecule has 0 aromatic carbocycles. The SMILES string of the molecule is Cc1cc2ncc(C(=O)NC(CCOC(C)(C)C)C(=O)O)c(C)n2n1. The van der Waals surface area contributed by atoms with Crippen LogP contribution in [-0.4, -0.2) is 49.8 Å². The molecule has 2 N–H and O–H groups in total. The van der Waals surface area contributed by atoms with Crippen molar-refractivity contribution >= 4 is 17.5 Å². The number of amides is 1. The molecule has 0 fully saturated rings. The van der Waals surface area contributed by atoms with Gasteiger partial charge in [-0.2, -0.15) is 5.10 Å². The summed E-state index contributed by atoms with van der Waals surface area (Å²) >= 11 is 0. The zero-order valence-electron chi connectivity index (χ0n) is 15.2. The fraction of sp³-hybridized carbons (Fsp3) is 0.529. The summed E-state index contributed by atoms with van der Waals surface area (Å²) in [7, 11) is 0. The van der Waals surface area contributed by atoms with Gasteiger partial charge >= 0.3 is 5.97 Å². The number of carbonyl (C=O) groups is 2. The molecule has 2 heterocycles. The fourth-order valence-corrected chi connectivity index (χ4v) is 2.36. The average Bonchev–Trinajstić information content (AvgIpc) is 2.86. The van der Waals surface area contributed by atoms with Crippen LogP contribution in [-0.2, 0) is 9.53 Å². The lowest BCUT2D eigenvalue weighted by molar-refractivity contribution is -0.140. The first-order valence-electron chi connectivity index (χ1n) is 8.08. The Hall–Kier alpha value is -2.48. The van der Waals surface area contributed by atoms with Crippen molar-refractivity contribution in [1.29, 1.82) is 0 Å². The number of nitrogens with one attached hydrogen (secondary N) is 1. The van der Waals surface area contributed by atoms with Crippen molar-refractivity contribution in [2.75, 3.05) is 6.61 Å². The van der Waals surface area contributed by atoms with E-state index < -0.39 is 17.9 Å². The van der Waals surface area contributed by atoms with Crippen LogP contribution in [0.25, 0.3) is 5.65 Å². The van der Waals surface area contributed by atoms with Gasteiger partial charge in [-0.05, 0) is 34.6 Å². The van der Waals surface area contributed by atoms with E-state index in [1.807, 2.05) is 27.7 Å². The van der Waals surface area contributed by atoms with Crippen LogP contribution in [0.4, 0.5) is 0 Å². The third kappa shape index (κ3) is 4.76. The Balaban J connectivity index is 2.13. The van der Waals surface area contributed by atoms with E-state index in [-0.39, 0.29) is 18.6 Å². The Morgan fingerprint density at radius 3 is 2.64 bits per heavy atom. The minimum absolute atomic E-state index is 0.175. The Morgan fingerprint density at radius 2 is 2.04 bits per heavy atom. The normalized spacial score (nSPS) is 13.0.